The van der Waals surface area contributed by atoms with E-state index >= 15 is 0 Å². The van der Waals surface area contributed by atoms with Crippen molar-refractivity contribution < 1.29 is 28.2 Å². The number of carboxylic acid groups (broad SMARTS) is 1. The summed E-state index contributed by atoms with van der Waals surface area (Å²) in [7, 11) is 0. The van der Waals surface area contributed by atoms with Crippen LogP contribution >= 0.6 is 0 Å². The van der Waals surface area contributed by atoms with Crippen molar-refractivity contribution in [2.45, 2.75) is 31.2 Å². The van der Waals surface area contributed by atoms with E-state index in [2.05, 4.69) is 0 Å². The molecule has 0 spiro atoms. The largest absolute Gasteiger partial charge is 0.480 e. The number of alkyl halides is 3. The van der Waals surface area contributed by atoms with E-state index in [1.54, 1.807) is 30.3 Å². The number of aliphatic carboxylic acids is 1. The van der Waals surface area contributed by atoms with E-state index in [-0.39, 0.29) is 0 Å². The molecule has 0 saturated carbocycles. The van der Waals surface area contributed by atoms with Crippen molar-refractivity contribution in [2.24, 2.45) is 0 Å². The lowest BCUT2D eigenvalue weighted by Crippen LogP contribution is -2.62. The number of carbonyl (C=O) groups is 1. The van der Waals surface area contributed by atoms with Gasteiger partial charge in [0.1, 0.15) is 0 Å². The van der Waals surface area contributed by atoms with Crippen molar-refractivity contribution >= 4 is 5.97 Å². The molecule has 0 aliphatic rings. The van der Waals surface area contributed by atoms with Gasteiger partial charge in [-0.15, -0.1) is 0 Å². The van der Waals surface area contributed by atoms with Crippen molar-refractivity contribution in [3.05, 3.63) is 35.9 Å². The van der Waals surface area contributed by atoms with Gasteiger partial charge in [0, 0.05) is 6.54 Å². The van der Waals surface area contributed by atoms with Gasteiger partial charge in [-0.25, -0.2) is 4.79 Å². The fourth-order valence-corrected chi connectivity index (χ4v) is 1.55. The van der Waals surface area contributed by atoms with Crippen molar-refractivity contribution in [2.75, 3.05) is 6.54 Å². The van der Waals surface area contributed by atoms with Gasteiger partial charge in [-0.1, -0.05) is 30.3 Å². The minimum atomic E-state index is -4.98. The maximum Gasteiger partial charge on any atom is 0.417 e. The van der Waals surface area contributed by atoms with Gasteiger partial charge in [0.15, 0.2) is 0 Å². The van der Waals surface area contributed by atoms with E-state index in [0.717, 1.165) is 0 Å². The van der Waals surface area contributed by atoms with Gasteiger partial charge < -0.3 is 10.2 Å². The lowest BCUT2D eigenvalue weighted by atomic mass is 9.93. The summed E-state index contributed by atoms with van der Waals surface area (Å²) in [6.45, 7) is 1.28. The Bertz CT molecular complexity index is 473. The van der Waals surface area contributed by atoms with E-state index < -0.39 is 29.8 Å². The van der Waals surface area contributed by atoms with Gasteiger partial charge in [-0.3, -0.25) is 5.32 Å². The van der Waals surface area contributed by atoms with Gasteiger partial charge in [0.05, 0.1) is 5.60 Å². The molecule has 20 heavy (non-hydrogen) atoms. The van der Waals surface area contributed by atoms with E-state index in [1.807, 2.05) is 5.32 Å². The van der Waals surface area contributed by atoms with E-state index in [1.165, 1.54) is 6.92 Å². The third kappa shape index (κ3) is 3.29. The molecule has 2 atom stereocenters. The number of rotatable bonds is 5. The molecule has 4 nitrogen and oxygen atoms in total. The first-order chi connectivity index (χ1) is 9.01. The first kappa shape index (κ1) is 16.5. The first-order valence-corrected chi connectivity index (χ1v) is 5.84. The summed E-state index contributed by atoms with van der Waals surface area (Å²) in [6, 6.07) is 8.05. The highest BCUT2D eigenvalue weighted by atomic mass is 19.4. The summed E-state index contributed by atoms with van der Waals surface area (Å²) in [6.07, 6.45) is -4.98. The fraction of sp³-hybridized carbons (Fsp3) is 0.462. The van der Waals surface area contributed by atoms with Crippen LogP contribution in [0.1, 0.15) is 19.4 Å². The maximum atomic E-state index is 12.8. The van der Waals surface area contributed by atoms with Gasteiger partial charge in [0.2, 0.25) is 5.54 Å². The number of hydrogen-bond donors (Lipinski definition) is 3. The van der Waals surface area contributed by atoms with Crippen LogP contribution in [-0.2, 0) is 10.4 Å². The Balaban J connectivity index is 2.91. The molecule has 7 heteroatoms. The number of nitrogens with one attached hydrogen (secondary N) is 1. The molecule has 1 aromatic carbocycles. The number of benzene rings is 1. The molecule has 1 rings (SSSR count). The molecule has 1 aromatic rings. The highest BCUT2D eigenvalue weighted by Crippen LogP contribution is 2.31. The van der Waals surface area contributed by atoms with Crippen molar-refractivity contribution in [3.8, 4) is 0 Å². The van der Waals surface area contributed by atoms with Gasteiger partial charge in [0.25, 0.3) is 0 Å². The number of β-amino-alcohol motifs (C(OH)–C–C–N with tert-alkyl or cyclic N) is 1. The Morgan fingerprint density at radius 2 is 1.70 bits per heavy atom. The van der Waals surface area contributed by atoms with Crippen molar-refractivity contribution in [3.63, 3.8) is 0 Å². The summed E-state index contributed by atoms with van der Waals surface area (Å²) in [4.78, 5) is 10.9. The molecular weight excluding hydrogens is 275 g/mol. The molecule has 0 aliphatic heterocycles. The minimum Gasteiger partial charge on any atom is -0.480 e. The van der Waals surface area contributed by atoms with Crippen LogP contribution in [0.2, 0.25) is 0 Å². The highest BCUT2D eigenvalue weighted by molar-refractivity contribution is 5.79. The summed E-state index contributed by atoms with van der Waals surface area (Å²) >= 11 is 0. The number of halogens is 3. The second kappa shape index (κ2) is 5.41. The summed E-state index contributed by atoms with van der Waals surface area (Å²) < 4.78 is 38.4. The predicted molar refractivity (Wildman–Crippen MR) is 66.1 cm³/mol. The Morgan fingerprint density at radius 1 is 1.20 bits per heavy atom. The monoisotopic (exact) mass is 291 g/mol. The van der Waals surface area contributed by atoms with Crippen LogP contribution < -0.4 is 5.32 Å². The number of hydrogen-bond acceptors (Lipinski definition) is 3. The third-order valence-electron chi connectivity index (χ3n) is 3.18. The Labute approximate surface area is 114 Å². The molecular formula is C13H16F3NO3. The standard InChI is InChI=1S/C13H16F3NO3/c1-11(20,9-6-4-3-5-7-9)8-17-12(2,10(18)19)13(14,15)16/h3-7,17,20H,8H2,1-2H3,(H,18,19). The van der Waals surface area contributed by atoms with Gasteiger partial charge in [-0.05, 0) is 19.4 Å². The quantitative estimate of drug-likeness (QED) is 0.775. The SMILES string of the molecule is CC(O)(CNC(C)(C(=O)O)C(F)(F)F)c1ccccc1. The first-order valence-electron chi connectivity index (χ1n) is 5.84. The van der Waals surface area contributed by atoms with Crippen LogP contribution in [0.15, 0.2) is 30.3 Å². The molecule has 0 fully saturated rings. The molecule has 0 amide bonds. The smallest absolute Gasteiger partial charge is 0.417 e. The lowest BCUT2D eigenvalue weighted by molar-refractivity contribution is -0.207. The molecule has 0 bridgehead atoms. The second-order valence-corrected chi connectivity index (χ2v) is 4.92. The summed E-state index contributed by atoms with van der Waals surface area (Å²) in [5.74, 6) is -2.05. The molecule has 2 unspecified atom stereocenters. The summed E-state index contributed by atoms with van der Waals surface area (Å²) in [5, 5.41) is 20.8. The van der Waals surface area contributed by atoms with Crippen LogP contribution in [0.3, 0.4) is 0 Å². The van der Waals surface area contributed by atoms with Crippen molar-refractivity contribution in [1.82, 2.24) is 5.32 Å². The van der Waals surface area contributed by atoms with Crippen LogP contribution in [0.5, 0.6) is 0 Å². The maximum absolute atomic E-state index is 12.8. The second-order valence-electron chi connectivity index (χ2n) is 4.92. The third-order valence-corrected chi connectivity index (χ3v) is 3.18. The average molecular weight is 291 g/mol. The van der Waals surface area contributed by atoms with Crippen LogP contribution in [0, 0.1) is 0 Å². The molecule has 0 aliphatic carbocycles. The average Bonchev–Trinajstić information content (AvgIpc) is 2.35. The van der Waals surface area contributed by atoms with Crippen LogP contribution in [-0.4, -0.2) is 34.4 Å². The van der Waals surface area contributed by atoms with E-state index in [0.29, 0.717) is 12.5 Å². The summed E-state index contributed by atoms with van der Waals surface area (Å²) in [5.41, 5.74) is -4.35. The molecule has 0 heterocycles. The normalized spacial score (nSPS) is 18.1. The highest BCUT2D eigenvalue weighted by Gasteiger charge is 2.57. The molecule has 112 valence electrons. The predicted octanol–water partition coefficient (Wildman–Crippen LogP) is 1.89. The zero-order valence-corrected chi connectivity index (χ0v) is 11.0. The van der Waals surface area contributed by atoms with Gasteiger partial charge >= 0.3 is 12.1 Å². The van der Waals surface area contributed by atoms with Crippen molar-refractivity contribution in [1.29, 1.82) is 0 Å². The molecule has 0 aromatic heterocycles. The fourth-order valence-electron chi connectivity index (χ4n) is 1.55. The zero-order chi connectivity index (χ0) is 15.6. The Kier molecular flexibility index (Phi) is 4.45. The minimum absolute atomic E-state index is 0.391. The van der Waals surface area contributed by atoms with Crippen LogP contribution in [0.25, 0.3) is 0 Å². The van der Waals surface area contributed by atoms with Gasteiger partial charge in [-0.2, -0.15) is 13.2 Å². The number of aliphatic hydroxyl groups is 1. The van der Waals surface area contributed by atoms with E-state index in [4.69, 9.17) is 5.11 Å². The molecule has 0 radical (unpaired) electrons. The lowest BCUT2D eigenvalue weighted by Gasteiger charge is -2.33. The van der Waals surface area contributed by atoms with Crippen LogP contribution in [0.4, 0.5) is 13.2 Å². The topological polar surface area (TPSA) is 69.6 Å². The molecule has 0 saturated heterocycles. The number of carboxylic acids is 1. The molecule has 3 N–H and O–H groups in total. The zero-order valence-electron chi connectivity index (χ0n) is 11.0. The van der Waals surface area contributed by atoms with E-state index in [9.17, 15) is 23.1 Å². The Morgan fingerprint density at radius 3 is 2.10 bits per heavy atom. The Hall–Kier alpha value is -1.60.